The molecular weight excluding hydrogens is 334 g/mol. The summed E-state index contributed by atoms with van der Waals surface area (Å²) < 4.78 is 5.93. The van der Waals surface area contributed by atoms with Crippen LogP contribution >= 0.6 is 11.3 Å². The second kappa shape index (κ2) is 7.44. The minimum Gasteiger partial charge on any atom is -0.488 e. The summed E-state index contributed by atoms with van der Waals surface area (Å²) in [6.07, 6.45) is 5.26. The molecule has 2 heterocycles. The number of rotatable bonds is 5. The van der Waals surface area contributed by atoms with Gasteiger partial charge in [-0.1, -0.05) is 6.07 Å². The van der Waals surface area contributed by atoms with Gasteiger partial charge in [0.15, 0.2) is 5.13 Å². The predicted octanol–water partition coefficient (Wildman–Crippen LogP) is 4.29. The number of hydrogen-bond donors (Lipinski definition) is 1. The van der Waals surface area contributed by atoms with Gasteiger partial charge in [0.25, 0.3) is 5.91 Å². The molecule has 3 rings (SSSR count). The van der Waals surface area contributed by atoms with Gasteiger partial charge in [-0.3, -0.25) is 15.1 Å². The molecule has 0 saturated carbocycles. The van der Waals surface area contributed by atoms with Gasteiger partial charge in [0.2, 0.25) is 0 Å². The number of pyridine rings is 1. The van der Waals surface area contributed by atoms with Gasteiger partial charge in [0, 0.05) is 34.6 Å². The average Bonchev–Trinajstić information content (AvgIpc) is 2.99. The Balaban J connectivity index is 1.74. The number of hydrogen-bond acceptors (Lipinski definition) is 5. The van der Waals surface area contributed by atoms with Gasteiger partial charge in [0.1, 0.15) is 12.4 Å². The second-order valence-corrected chi connectivity index (χ2v) is 7.05. The van der Waals surface area contributed by atoms with Crippen molar-refractivity contribution in [1.29, 1.82) is 0 Å². The number of benzene rings is 1. The number of carbonyl (C=O) groups excluding carboxylic acids is 1. The molecule has 0 atom stereocenters. The average molecular weight is 353 g/mol. The number of aryl methyl sites for hydroxylation is 3. The molecule has 0 radical (unpaired) electrons. The number of carbonyl (C=O) groups is 1. The summed E-state index contributed by atoms with van der Waals surface area (Å²) in [5.41, 5.74) is 3.44. The zero-order valence-electron chi connectivity index (χ0n) is 14.4. The largest absolute Gasteiger partial charge is 0.488 e. The molecule has 0 unspecified atom stereocenters. The quantitative estimate of drug-likeness (QED) is 0.743. The second-order valence-electron chi connectivity index (χ2n) is 5.82. The number of nitrogens with one attached hydrogen (secondary N) is 1. The van der Waals surface area contributed by atoms with E-state index >= 15 is 0 Å². The highest BCUT2D eigenvalue weighted by Crippen LogP contribution is 2.26. The Hall–Kier alpha value is -2.73. The molecule has 1 amide bonds. The molecule has 5 nitrogen and oxygen atoms in total. The smallest absolute Gasteiger partial charge is 0.257 e. The van der Waals surface area contributed by atoms with E-state index in [1.807, 2.05) is 45.0 Å². The number of nitrogens with zero attached hydrogens (tertiary/aromatic N) is 2. The zero-order valence-corrected chi connectivity index (χ0v) is 15.2. The first-order valence-electron chi connectivity index (χ1n) is 7.89. The molecule has 0 saturated heterocycles. The van der Waals surface area contributed by atoms with Crippen LogP contribution in [0.3, 0.4) is 0 Å². The van der Waals surface area contributed by atoms with Gasteiger partial charge >= 0.3 is 0 Å². The maximum absolute atomic E-state index is 12.4. The first-order valence-corrected chi connectivity index (χ1v) is 8.71. The van der Waals surface area contributed by atoms with Crippen LogP contribution in [0, 0.1) is 20.8 Å². The summed E-state index contributed by atoms with van der Waals surface area (Å²) in [5, 5.41) is 3.44. The van der Waals surface area contributed by atoms with Crippen molar-refractivity contribution in [1.82, 2.24) is 9.97 Å². The van der Waals surface area contributed by atoms with Crippen molar-refractivity contribution in [3.05, 3.63) is 70.0 Å². The molecule has 1 aromatic carbocycles. The topological polar surface area (TPSA) is 64.1 Å². The van der Waals surface area contributed by atoms with E-state index in [1.165, 1.54) is 11.3 Å². The SMILES string of the molecule is Cc1cnc(NC(=O)c2cc(C)c(OCc3cccnc3)c(C)c2)s1. The monoisotopic (exact) mass is 353 g/mol. The summed E-state index contributed by atoms with van der Waals surface area (Å²) in [7, 11) is 0. The highest BCUT2D eigenvalue weighted by atomic mass is 32.1. The Morgan fingerprint density at radius 3 is 2.56 bits per heavy atom. The number of ether oxygens (including phenoxy) is 1. The predicted molar refractivity (Wildman–Crippen MR) is 99.3 cm³/mol. The van der Waals surface area contributed by atoms with Crippen molar-refractivity contribution in [2.45, 2.75) is 27.4 Å². The van der Waals surface area contributed by atoms with E-state index in [1.54, 1.807) is 18.6 Å². The lowest BCUT2D eigenvalue weighted by molar-refractivity contribution is 0.102. The van der Waals surface area contributed by atoms with Crippen molar-refractivity contribution in [3.63, 3.8) is 0 Å². The Kier molecular flexibility index (Phi) is 5.09. The van der Waals surface area contributed by atoms with E-state index in [2.05, 4.69) is 15.3 Å². The van der Waals surface area contributed by atoms with Gasteiger partial charge in [-0.2, -0.15) is 0 Å². The first-order chi connectivity index (χ1) is 12.0. The number of aromatic nitrogens is 2. The van der Waals surface area contributed by atoms with Crippen molar-refractivity contribution in [3.8, 4) is 5.75 Å². The summed E-state index contributed by atoms with van der Waals surface area (Å²) in [4.78, 5) is 21.7. The molecule has 0 fully saturated rings. The molecule has 2 aromatic heterocycles. The van der Waals surface area contributed by atoms with E-state index in [9.17, 15) is 4.79 Å². The zero-order chi connectivity index (χ0) is 17.8. The lowest BCUT2D eigenvalue weighted by atomic mass is 10.1. The highest BCUT2D eigenvalue weighted by Gasteiger charge is 2.13. The van der Waals surface area contributed by atoms with Crippen molar-refractivity contribution >= 4 is 22.4 Å². The molecular formula is C19H19N3O2S. The molecule has 3 aromatic rings. The summed E-state index contributed by atoms with van der Waals surface area (Å²) in [5.74, 6) is 0.629. The van der Waals surface area contributed by atoms with Gasteiger partial charge in [-0.25, -0.2) is 4.98 Å². The van der Waals surface area contributed by atoms with Crippen LogP contribution in [0.5, 0.6) is 5.75 Å². The minimum absolute atomic E-state index is 0.167. The van der Waals surface area contributed by atoms with Crippen LogP contribution in [0.1, 0.15) is 31.9 Å². The molecule has 0 aliphatic rings. The van der Waals surface area contributed by atoms with Crippen molar-refractivity contribution in [2.75, 3.05) is 5.32 Å². The molecule has 0 spiro atoms. The van der Waals surface area contributed by atoms with Crippen LogP contribution in [0.4, 0.5) is 5.13 Å². The molecule has 0 aliphatic carbocycles. The minimum atomic E-state index is -0.167. The third kappa shape index (κ3) is 4.22. The molecule has 0 bridgehead atoms. The van der Waals surface area contributed by atoms with Crippen LogP contribution in [0.15, 0.2) is 42.9 Å². The van der Waals surface area contributed by atoms with Crippen molar-refractivity contribution in [2.24, 2.45) is 0 Å². The first kappa shape index (κ1) is 17.1. The van der Waals surface area contributed by atoms with Gasteiger partial charge in [-0.15, -0.1) is 11.3 Å². The van der Waals surface area contributed by atoms with Gasteiger partial charge in [0.05, 0.1) is 0 Å². The fourth-order valence-electron chi connectivity index (χ4n) is 2.53. The molecule has 6 heteroatoms. The number of thiazole rings is 1. The standard InChI is InChI=1S/C19H19N3O2S/c1-12-7-16(18(23)22-19-21-9-14(3)25-19)8-13(2)17(12)24-11-15-5-4-6-20-10-15/h4-10H,11H2,1-3H3,(H,21,22,23). The Morgan fingerprint density at radius 2 is 1.96 bits per heavy atom. The fraction of sp³-hybridized carbons (Fsp3) is 0.211. The van der Waals surface area contributed by atoms with Crippen LogP contribution in [-0.4, -0.2) is 15.9 Å². The highest BCUT2D eigenvalue weighted by molar-refractivity contribution is 7.15. The number of anilines is 1. The normalized spacial score (nSPS) is 10.5. The summed E-state index contributed by atoms with van der Waals surface area (Å²) in [6, 6.07) is 7.52. The maximum Gasteiger partial charge on any atom is 0.257 e. The van der Waals surface area contributed by atoms with E-state index in [4.69, 9.17) is 4.74 Å². The summed E-state index contributed by atoms with van der Waals surface area (Å²) in [6.45, 7) is 6.28. The van der Waals surface area contributed by atoms with Crippen LogP contribution in [0.2, 0.25) is 0 Å². The third-order valence-corrected chi connectivity index (χ3v) is 4.50. The Labute approximate surface area is 150 Å². The molecule has 1 N–H and O–H groups in total. The van der Waals surface area contributed by atoms with E-state index in [-0.39, 0.29) is 5.91 Å². The third-order valence-electron chi connectivity index (χ3n) is 3.67. The molecule has 0 aliphatic heterocycles. The number of amides is 1. The van der Waals surface area contributed by atoms with Crippen molar-refractivity contribution < 1.29 is 9.53 Å². The van der Waals surface area contributed by atoms with Gasteiger partial charge < -0.3 is 4.74 Å². The van der Waals surface area contributed by atoms with Crippen LogP contribution in [0.25, 0.3) is 0 Å². The maximum atomic E-state index is 12.4. The van der Waals surface area contributed by atoms with E-state index in [0.717, 1.165) is 27.3 Å². The van der Waals surface area contributed by atoms with Gasteiger partial charge in [-0.05, 0) is 50.1 Å². The van der Waals surface area contributed by atoms with Crippen LogP contribution in [-0.2, 0) is 6.61 Å². The Morgan fingerprint density at radius 1 is 1.20 bits per heavy atom. The van der Waals surface area contributed by atoms with E-state index < -0.39 is 0 Å². The Bertz CT molecular complexity index is 868. The lowest BCUT2D eigenvalue weighted by Crippen LogP contribution is -2.12. The summed E-state index contributed by atoms with van der Waals surface area (Å²) >= 11 is 1.45. The lowest BCUT2D eigenvalue weighted by Gasteiger charge is -2.14. The fourth-order valence-corrected chi connectivity index (χ4v) is 3.19. The molecule has 128 valence electrons. The van der Waals surface area contributed by atoms with Crippen LogP contribution < -0.4 is 10.1 Å². The van der Waals surface area contributed by atoms with E-state index in [0.29, 0.717) is 17.3 Å². The molecule has 25 heavy (non-hydrogen) atoms.